The molecule has 2 aromatic rings. The van der Waals surface area contributed by atoms with E-state index in [1.54, 1.807) is 12.3 Å². The van der Waals surface area contributed by atoms with Crippen molar-refractivity contribution in [1.29, 1.82) is 0 Å². The molecular weight excluding hydrogens is 252 g/mol. The molecule has 0 amide bonds. The molecule has 6 heteroatoms. The summed E-state index contributed by atoms with van der Waals surface area (Å²) >= 11 is 0. The maximum absolute atomic E-state index is 4.42. The van der Waals surface area contributed by atoms with Crippen LogP contribution in [0.25, 0.3) is 0 Å². The van der Waals surface area contributed by atoms with Crippen molar-refractivity contribution in [3.8, 4) is 0 Å². The van der Waals surface area contributed by atoms with Crippen LogP contribution in [-0.2, 0) is 0 Å². The van der Waals surface area contributed by atoms with Gasteiger partial charge in [0.15, 0.2) is 5.82 Å². The number of amidine groups is 1. The minimum atomic E-state index is 0.525. The first-order chi connectivity index (χ1) is 9.90. The van der Waals surface area contributed by atoms with Crippen molar-refractivity contribution in [2.45, 2.75) is 12.8 Å². The fraction of sp³-hybridized carbons (Fsp3) is 0.143. The van der Waals surface area contributed by atoms with E-state index in [0.717, 1.165) is 24.4 Å². The molecule has 1 aromatic carbocycles. The second kappa shape index (κ2) is 5.92. The average Bonchev–Trinajstić information content (AvgIpc) is 2.50. The van der Waals surface area contributed by atoms with E-state index in [0.29, 0.717) is 11.8 Å². The van der Waals surface area contributed by atoms with Gasteiger partial charge in [0.25, 0.3) is 0 Å². The van der Waals surface area contributed by atoms with Gasteiger partial charge in [0.2, 0.25) is 5.95 Å². The maximum atomic E-state index is 4.42. The smallest absolute Gasteiger partial charge is 0.229 e. The molecule has 0 bridgehead atoms. The van der Waals surface area contributed by atoms with Gasteiger partial charge in [-0.05, 0) is 18.6 Å². The molecule has 0 aliphatic carbocycles. The van der Waals surface area contributed by atoms with E-state index in [1.807, 2.05) is 36.5 Å². The number of aromatic nitrogens is 2. The predicted molar refractivity (Wildman–Crippen MR) is 79.7 cm³/mol. The van der Waals surface area contributed by atoms with Gasteiger partial charge < -0.3 is 5.32 Å². The largest absolute Gasteiger partial charge is 0.324 e. The van der Waals surface area contributed by atoms with Crippen LogP contribution in [-0.4, -0.2) is 22.0 Å². The summed E-state index contributed by atoms with van der Waals surface area (Å²) in [6.45, 7) is 0. The zero-order chi connectivity index (χ0) is 13.6. The van der Waals surface area contributed by atoms with Crippen LogP contribution in [0.3, 0.4) is 0 Å². The second-order valence-electron chi connectivity index (χ2n) is 4.25. The number of rotatable bonds is 3. The van der Waals surface area contributed by atoms with E-state index >= 15 is 0 Å². The third-order valence-corrected chi connectivity index (χ3v) is 2.72. The van der Waals surface area contributed by atoms with E-state index < -0.39 is 0 Å². The fourth-order valence-electron chi connectivity index (χ4n) is 1.78. The SMILES string of the molecule is C1=NNC(=Nc2ccnc(Nc3ccccc3)n2)CC1. The van der Waals surface area contributed by atoms with Crippen molar-refractivity contribution in [2.24, 2.45) is 10.1 Å². The first-order valence-corrected chi connectivity index (χ1v) is 6.40. The van der Waals surface area contributed by atoms with Crippen LogP contribution in [0.2, 0.25) is 0 Å². The lowest BCUT2D eigenvalue weighted by atomic mass is 10.3. The summed E-state index contributed by atoms with van der Waals surface area (Å²) in [5.74, 6) is 1.95. The van der Waals surface area contributed by atoms with Gasteiger partial charge in [-0.25, -0.2) is 9.98 Å². The van der Waals surface area contributed by atoms with E-state index in [4.69, 9.17) is 0 Å². The van der Waals surface area contributed by atoms with E-state index in [9.17, 15) is 0 Å². The highest BCUT2D eigenvalue weighted by atomic mass is 15.3. The third-order valence-electron chi connectivity index (χ3n) is 2.72. The van der Waals surface area contributed by atoms with Crippen molar-refractivity contribution in [2.75, 3.05) is 5.32 Å². The molecule has 6 nitrogen and oxygen atoms in total. The molecule has 1 aliphatic heterocycles. The summed E-state index contributed by atoms with van der Waals surface area (Å²) in [5.41, 5.74) is 3.82. The Morgan fingerprint density at radius 3 is 2.85 bits per heavy atom. The minimum Gasteiger partial charge on any atom is -0.324 e. The molecule has 0 saturated carbocycles. The van der Waals surface area contributed by atoms with Crippen LogP contribution in [0, 0.1) is 0 Å². The number of aliphatic imine (C=N–C) groups is 1. The highest BCUT2D eigenvalue weighted by Gasteiger charge is 2.04. The van der Waals surface area contributed by atoms with Gasteiger partial charge >= 0.3 is 0 Å². The van der Waals surface area contributed by atoms with Gasteiger partial charge in [0, 0.05) is 30.6 Å². The molecule has 2 heterocycles. The first-order valence-electron chi connectivity index (χ1n) is 6.40. The van der Waals surface area contributed by atoms with E-state index in [1.165, 1.54) is 0 Å². The van der Waals surface area contributed by atoms with Crippen molar-refractivity contribution < 1.29 is 0 Å². The van der Waals surface area contributed by atoms with Crippen molar-refractivity contribution in [3.05, 3.63) is 42.6 Å². The van der Waals surface area contributed by atoms with Gasteiger partial charge in [-0.3, -0.25) is 5.43 Å². The van der Waals surface area contributed by atoms with Crippen LogP contribution in [0.1, 0.15) is 12.8 Å². The lowest BCUT2D eigenvalue weighted by Crippen LogP contribution is -2.21. The van der Waals surface area contributed by atoms with Crippen molar-refractivity contribution in [3.63, 3.8) is 0 Å². The number of hydrazone groups is 1. The Morgan fingerprint density at radius 1 is 1.15 bits per heavy atom. The van der Waals surface area contributed by atoms with Crippen LogP contribution in [0.5, 0.6) is 0 Å². The highest BCUT2D eigenvalue weighted by molar-refractivity contribution is 5.88. The Labute approximate surface area is 116 Å². The summed E-state index contributed by atoms with van der Waals surface area (Å²) in [6.07, 6.45) is 5.26. The minimum absolute atomic E-state index is 0.525. The second-order valence-corrected chi connectivity index (χ2v) is 4.25. The highest BCUT2D eigenvalue weighted by Crippen LogP contribution is 2.15. The summed E-state index contributed by atoms with van der Waals surface area (Å²) in [6, 6.07) is 11.6. The molecule has 100 valence electrons. The number of hydrogen-bond donors (Lipinski definition) is 2. The summed E-state index contributed by atoms with van der Waals surface area (Å²) in [5, 5.41) is 7.12. The third kappa shape index (κ3) is 3.17. The molecule has 20 heavy (non-hydrogen) atoms. The van der Waals surface area contributed by atoms with Gasteiger partial charge in [-0.2, -0.15) is 10.1 Å². The van der Waals surface area contributed by atoms with Crippen LogP contribution >= 0.6 is 0 Å². The van der Waals surface area contributed by atoms with Crippen molar-refractivity contribution >= 4 is 29.5 Å². The molecule has 1 aliphatic rings. The molecule has 0 saturated heterocycles. The molecule has 0 spiro atoms. The molecule has 0 atom stereocenters. The Kier molecular flexibility index (Phi) is 3.64. The van der Waals surface area contributed by atoms with Crippen LogP contribution in [0.4, 0.5) is 17.5 Å². The Bertz CT molecular complexity index is 635. The molecule has 0 unspecified atom stereocenters. The summed E-state index contributed by atoms with van der Waals surface area (Å²) < 4.78 is 0. The van der Waals surface area contributed by atoms with Gasteiger partial charge in [0.05, 0.1) is 0 Å². The summed E-state index contributed by atoms with van der Waals surface area (Å²) in [4.78, 5) is 13.0. The van der Waals surface area contributed by atoms with Crippen molar-refractivity contribution in [1.82, 2.24) is 15.4 Å². The summed E-state index contributed by atoms with van der Waals surface area (Å²) in [7, 11) is 0. The molecule has 3 rings (SSSR count). The maximum Gasteiger partial charge on any atom is 0.229 e. The number of benzene rings is 1. The van der Waals surface area contributed by atoms with Gasteiger partial charge in [-0.1, -0.05) is 18.2 Å². The van der Waals surface area contributed by atoms with E-state index in [2.05, 4.69) is 30.8 Å². The topological polar surface area (TPSA) is 74.6 Å². The number of anilines is 2. The quantitative estimate of drug-likeness (QED) is 0.895. The zero-order valence-electron chi connectivity index (χ0n) is 10.8. The normalized spacial score (nSPS) is 15.9. The van der Waals surface area contributed by atoms with Gasteiger partial charge in [-0.15, -0.1) is 0 Å². The molecule has 0 radical (unpaired) electrons. The lowest BCUT2D eigenvalue weighted by Gasteiger charge is -2.08. The molecule has 0 fully saturated rings. The fourth-order valence-corrected chi connectivity index (χ4v) is 1.78. The lowest BCUT2D eigenvalue weighted by molar-refractivity contribution is 0.916. The number of nitrogens with zero attached hydrogens (tertiary/aromatic N) is 4. The number of nitrogens with one attached hydrogen (secondary N) is 2. The molecule has 2 N–H and O–H groups in total. The van der Waals surface area contributed by atoms with Crippen LogP contribution in [0.15, 0.2) is 52.7 Å². The first kappa shape index (κ1) is 12.3. The monoisotopic (exact) mass is 266 g/mol. The predicted octanol–water partition coefficient (Wildman–Crippen LogP) is 2.62. The van der Waals surface area contributed by atoms with Crippen LogP contribution < -0.4 is 10.7 Å². The number of hydrogen-bond acceptors (Lipinski definition) is 5. The molecule has 1 aromatic heterocycles. The Hall–Kier alpha value is -2.76. The van der Waals surface area contributed by atoms with Gasteiger partial charge in [0.1, 0.15) is 5.84 Å². The Morgan fingerprint density at radius 2 is 2.05 bits per heavy atom. The van der Waals surface area contributed by atoms with E-state index in [-0.39, 0.29) is 0 Å². The molecular formula is C14H14N6. The Balaban J connectivity index is 1.77. The average molecular weight is 266 g/mol. The number of para-hydroxylation sites is 1. The zero-order valence-corrected chi connectivity index (χ0v) is 10.8. The standard InChI is InChI=1S/C14H14N6/c1-2-5-11(6-3-1)17-14-15-10-8-12(19-14)18-13-7-4-9-16-20-13/h1-3,5-6,8-10H,4,7H2,(H2,15,17,18,19,20).